The molecule has 0 fully saturated rings. The van der Waals surface area contributed by atoms with Gasteiger partial charge in [0.25, 0.3) is 0 Å². The van der Waals surface area contributed by atoms with Crippen LogP contribution in [-0.4, -0.2) is 10.2 Å². The Kier molecular flexibility index (Phi) is 3.07. The Hall–Kier alpha value is -2.16. The third-order valence-electron chi connectivity index (χ3n) is 1.84. The zero-order valence-corrected chi connectivity index (χ0v) is 8.08. The highest BCUT2D eigenvalue weighted by Gasteiger charge is 1.89. The van der Waals surface area contributed by atoms with E-state index < -0.39 is 0 Å². The van der Waals surface area contributed by atoms with Gasteiger partial charge in [-0.25, -0.2) is 0 Å². The van der Waals surface area contributed by atoms with Crippen LogP contribution < -0.4 is 0 Å². The lowest BCUT2D eigenvalue weighted by Gasteiger charge is -1.81. The van der Waals surface area contributed by atoms with Gasteiger partial charge in [-0.1, -0.05) is 18.2 Å². The van der Waals surface area contributed by atoms with Gasteiger partial charge in [-0.2, -0.15) is 10.2 Å². The zero-order chi connectivity index (χ0) is 10.3. The molecule has 3 aromatic rings. The van der Waals surface area contributed by atoms with Crippen molar-refractivity contribution in [2.24, 2.45) is 0 Å². The summed E-state index contributed by atoms with van der Waals surface area (Å²) in [7, 11) is 0. The predicted molar refractivity (Wildman–Crippen MR) is 58.2 cm³/mol. The first kappa shape index (κ1) is 9.40. The van der Waals surface area contributed by atoms with E-state index in [-0.39, 0.29) is 0 Å². The lowest BCUT2D eigenvalue weighted by molar-refractivity contribution is 0.616. The average molecular weight is 198 g/mol. The summed E-state index contributed by atoms with van der Waals surface area (Å²) >= 11 is 0. The maximum absolute atomic E-state index is 5.12. The monoisotopic (exact) mass is 198 g/mol. The Morgan fingerprint density at radius 1 is 0.800 bits per heavy atom. The van der Waals surface area contributed by atoms with Crippen LogP contribution in [0.3, 0.4) is 0 Å². The Bertz CT molecular complexity index is 448. The van der Waals surface area contributed by atoms with Crippen molar-refractivity contribution in [3.63, 3.8) is 0 Å². The number of para-hydroxylation sites is 1. The lowest BCUT2D eigenvalue weighted by Crippen LogP contribution is -1.69. The topological polar surface area (TPSA) is 38.9 Å². The van der Waals surface area contributed by atoms with Crippen molar-refractivity contribution in [2.75, 3.05) is 0 Å². The third kappa shape index (κ3) is 2.64. The Balaban J connectivity index is 0.000000124. The molecule has 2 heterocycles. The van der Waals surface area contributed by atoms with Crippen LogP contribution in [0.4, 0.5) is 0 Å². The summed E-state index contributed by atoms with van der Waals surface area (Å²) in [5.41, 5.74) is 0.956. The number of aromatic nitrogens is 2. The molecule has 0 N–H and O–H groups in total. The molecule has 3 nitrogen and oxygen atoms in total. The molecule has 0 aliphatic heterocycles. The van der Waals surface area contributed by atoms with Gasteiger partial charge < -0.3 is 4.42 Å². The van der Waals surface area contributed by atoms with E-state index in [9.17, 15) is 0 Å². The zero-order valence-electron chi connectivity index (χ0n) is 8.08. The molecule has 0 saturated carbocycles. The van der Waals surface area contributed by atoms with Crippen molar-refractivity contribution in [3.05, 3.63) is 61.1 Å². The van der Waals surface area contributed by atoms with Crippen LogP contribution in [0, 0.1) is 0 Å². The minimum absolute atomic E-state index is 0.956. The normalized spacial score (nSPS) is 9.33. The molecule has 3 rings (SSSR count). The van der Waals surface area contributed by atoms with Gasteiger partial charge >= 0.3 is 0 Å². The predicted octanol–water partition coefficient (Wildman–Crippen LogP) is 2.91. The largest absolute Gasteiger partial charge is 0.464 e. The first-order valence-electron chi connectivity index (χ1n) is 4.61. The minimum atomic E-state index is 0.956. The van der Waals surface area contributed by atoms with Gasteiger partial charge in [0.15, 0.2) is 0 Å². The van der Waals surface area contributed by atoms with Gasteiger partial charge in [-0.05, 0) is 24.3 Å². The van der Waals surface area contributed by atoms with Crippen LogP contribution in [0.5, 0.6) is 0 Å². The molecule has 74 valence electrons. The summed E-state index contributed by atoms with van der Waals surface area (Å²) in [5, 5.41) is 8.23. The van der Waals surface area contributed by atoms with Crippen LogP contribution in [0.1, 0.15) is 0 Å². The molecule has 0 aliphatic rings. The maximum Gasteiger partial charge on any atom is 0.133 e. The molecule has 0 bridgehead atoms. The number of fused-ring (bicyclic) bond motifs is 1. The van der Waals surface area contributed by atoms with Gasteiger partial charge in [0.2, 0.25) is 0 Å². The van der Waals surface area contributed by atoms with Crippen molar-refractivity contribution in [1.29, 1.82) is 0 Å². The Morgan fingerprint density at radius 3 is 2.13 bits per heavy atom. The molecule has 0 spiro atoms. The van der Waals surface area contributed by atoms with Gasteiger partial charge in [-0.15, -0.1) is 0 Å². The lowest BCUT2D eigenvalue weighted by atomic mass is 10.3. The van der Waals surface area contributed by atoms with E-state index in [1.165, 1.54) is 0 Å². The summed E-state index contributed by atoms with van der Waals surface area (Å²) in [6.45, 7) is 0. The molecule has 0 unspecified atom stereocenters. The van der Waals surface area contributed by atoms with Crippen LogP contribution in [0.25, 0.3) is 11.0 Å². The molecule has 15 heavy (non-hydrogen) atoms. The van der Waals surface area contributed by atoms with Gasteiger partial charge in [0.1, 0.15) is 5.58 Å². The molecule has 0 atom stereocenters. The first-order chi connectivity index (χ1) is 7.47. The molecular weight excluding hydrogens is 188 g/mol. The van der Waals surface area contributed by atoms with E-state index >= 15 is 0 Å². The molecular formula is C12H10N2O. The molecule has 3 heteroatoms. The summed E-state index contributed by atoms with van der Waals surface area (Å²) in [6, 6.07) is 13.5. The van der Waals surface area contributed by atoms with Crippen molar-refractivity contribution < 1.29 is 4.42 Å². The number of rotatable bonds is 0. The van der Waals surface area contributed by atoms with Crippen LogP contribution >= 0.6 is 0 Å². The molecule has 0 amide bonds. The Labute approximate surface area is 87.4 Å². The number of furan rings is 1. The maximum atomic E-state index is 5.12. The van der Waals surface area contributed by atoms with Gasteiger partial charge in [-0.3, -0.25) is 0 Å². The van der Waals surface area contributed by atoms with Gasteiger partial charge in [0.05, 0.1) is 6.26 Å². The summed E-state index contributed by atoms with van der Waals surface area (Å²) in [6.07, 6.45) is 4.98. The number of hydrogen-bond donors (Lipinski definition) is 0. The van der Waals surface area contributed by atoms with E-state index in [0.717, 1.165) is 11.0 Å². The van der Waals surface area contributed by atoms with E-state index in [1.807, 2.05) is 42.5 Å². The van der Waals surface area contributed by atoms with Crippen molar-refractivity contribution >= 4 is 11.0 Å². The average Bonchev–Trinajstić information content (AvgIpc) is 2.80. The fourth-order valence-electron chi connectivity index (χ4n) is 1.16. The second kappa shape index (κ2) is 4.91. The van der Waals surface area contributed by atoms with Crippen LogP contribution in [0.15, 0.2) is 65.5 Å². The minimum Gasteiger partial charge on any atom is -0.464 e. The van der Waals surface area contributed by atoms with Crippen LogP contribution in [0.2, 0.25) is 0 Å². The van der Waals surface area contributed by atoms with E-state index in [2.05, 4.69) is 10.2 Å². The Morgan fingerprint density at radius 2 is 1.53 bits per heavy atom. The van der Waals surface area contributed by atoms with Crippen molar-refractivity contribution in [3.8, 4) is 0 Å². The standard InChI is InChI=1S/C8H6O.C4H4N2/c1-2-4-8-7(3-1)5-6-9-8;1-2-4-6-5-3-1/h1-6H;1-4H. The van der Waals surface area contributed by atoms with E-state index in [0.29, 0.717) is 0 Å². The summed E-state index contributed by atoms with van der Waals surface area (Å²) in [5.74, 6) is 0. The molecule has 0 aliphatic carbocycles. The fraction of sp³-hybridized carbons (Fsp3) is 0. The molecule has 2 aromatic heterocycles. The van der Waals surface area contributed by atoms with Crippen molar-refractivity contribution in [2.45, 2.75) is 0 Å². The SMILES string of the molecule is c1ccc2occc2c1.c1ccnnc1. The highest BCUT2D eigenvalue weighted by atomic mass is 16.3. The molecule has 0 saturated heterocycles. The van der Waals surface area contributed by atoms with Crippen LogP contribution in [-0.2, 0) is 0 Å². The fourth-order valence-corrected chi connectivity index (χ4v) is 1.16. The third-order valence-corrected chi connectivity index (χ3v) is 1.84. The summed E-state index contributed by atoms with van der Waals surface area (Å²) in [4.78, 5) is 0. The number of hydrogen-bond acceptors (Lipinski definition) is 3. The smallest absolute Gasteiger partial charge is 0.133 e. The highest BCUT2D eigenvalue weighted by Crippen LogP contribution is 2.12. The van der Waals surface area contributed by atoms with Gasteiger partial charge in [0, 0.05) is 17.8 Å². The van der Waals surface area contributed by atoms with Crippen molar-refractivity contribution in [1.82, 2.24) is 10.2 Å². The first-order valence-corrected chi connectivity index (χ1v) is 4.61. The van der Waals surface area contributed by atoms with E-state index in [4.69, 9.17) is 4.42 Å². The molecule has 1 aromatic carbocycles. The second-order valence-corrected chi connectivity index (χ2v) is 2.87. The quantitative estimate of drug-likeness (QED) is 0.557. The number of benzene rings is 1. The molecule has 0 radical (unpaired) electrons. The summed E-state index contributed by atoms with van der Waals surface area (Å²) < 4.78 is 5.12. The number of nitrogens with zero attached hydrogens (tertiary/aromatic N) is 2. The highest BCUT2D eigenvalue weighted by molar-refractivity contribution is 5.76. The second-order valence-electron chi connectivity index (χ2n) is 2.87. The van der Waals surface area contributed by atoms with E-state index in [1.54, 1.807) is 18.7 Å².